The van der Waals surface area contributed by atoms with Gasteiger partial charge in [0.05, 0.1) is 0 Å². The monoisotopic (exact) mass is 250 g/mol. The molecule has 2 aromatic rings. The fourth-order valence-corrected chi connectivity index (χ4v) is 1.82. The van der Waals surface area contributed by atoms with Gasteiger partial charge in [0.1, 0.15) is 12.2 Å². The average molecular weight is 250 g/mol. The Bertz CT molecular complexity index is 571. The lowest BCUT2D eigenvalue weighted by molar-refractivity contribution is -0.120. The van der Waals surface area contributed by atoms with Crippen molar-refractivity contribution in [2.24, 2.45) is 0 Å². The molecular formula is C17H14O2. The zero-order valence-corrected chi connectivity index (χ0v) is 10.4. The second kappa shape index (κ2) is 6.45. The molecule has 19 heavy (non-hydrogen) atoms. The van der Waals surface area contributed by atoms with E-state index >= 15 is 0 Å². The first-order valence-corrected chi connectivity index (χ1v) is 6.08. The van der Waals surface area contributed by atoms with E-state index in [-0.39, 0.29) is 5.78 Å². The Morgan fingerprint density at radius 3 is 2.05 bits per heavy atom. The molecule has 0 saturated heterocycles. The molecule has 1 atom stereocenters. The molecule has 0 aliphatic heterocycles. The van der Waals surface area contributed by atoms with Crippen molar-refractivity contribution in [2.45, 2.75) is 5.92 Å². The fraction of sp³-hybridized carbons (Fsp3) is 0.0588. The van der Waals surface area contributed by atoms with Crippen LogP contribution in [-0.2, 0) is 9.59 Å². The van der Waals surface area contributed by atoms with Crippen molar-refractivity contribution in [2.75, 3.05) is 0 Å². The molecule has 0 amide bonds. The highest BCUT2D eigenvalue weighted by molar-refractivity contribution is 6.07. The van der Waals surface area contributed by atoms with Crippen LogP contribution in [0.3, 0.4) is 0 Å². The summed E-state index contributed by atoms with van der Waals surface area (Å²) in [4.78, 5) is 23.1. The van der Waals surface area contributed by atoms with E-state index in [1.165, 1.54) is 6.08 Å². The van der Waals surface area contributed by atoms with E-state index in [2.05, 4.69) is 0 Å². The van der Waals surface area contributed by atoms with E-state index in [4.69, 9.17) is 0 Å². The number of rotatable bonds is 5. The molecule has 2 heteroatoms. The van der Waals surface area contributed by atoms with Crippen molar-refractivity contribution in [1.82, 2.24) is 0 Å². The molecular weight excluding hydrogens is 236 g/mol. The molecule has 0 aromatic heterocycles. The maximum absolute atomic E-state index is 12.0. The molecule has 94 valence electrons. The zero-order valence-electron chi connectivity index (χ0n) is 10.4. The number of benzene rings is 2. The number of hydrogen-bond donors (Lipinski definition) is 0. The van der Waals surface area contributed by atoms with Gasteiger partial charge in [-0.1, -0.05) is 66.7 Å². The molecule has 0 spiro atoms. The van der Waals surface area contributed by atoms with Gasteiger partial charge in [-0.3, -0.25) is 4.79 Å². The van der Waals surface area contributed by atoms with E-state index in [1.807, 2.05) is 48.5 Å². The Morgan fingerprint density at radius 2 is 1.47 bits per heavy atom. The fourth-order valence-electron chi connectivity index (χ4n) is 1.82. The van der Waals surface area contributed by atoms with Crippen molar-refractivity contribution in [3.8, 4) is 0 Å². The quantitative estimate of drug-likeness (QED) is 0.464. The molecule has 0 aliphatic carbocycles. The first-order chi connectivity index (χ1) is 9.31. The lowest BCUT2D eigenvalue weighted by Gasteiger charge is -2.06. The van der Waals surface area contributed by atoms with E-state index in [0.717, 1.165) is 11.1 Å². The Labute approximate surface area is 112 Å². The smallest absolute Gasteiger partial charge is 0.170 e. The largest absolute Gasteiger partial charge is 0.302 e. The minimum atomic E-state index is -0.721. The maximum atomic E-state index is 12.0. The number of carbonyl (C=O) groups is 2. The van der Waals surface area contributed by atoms with Gasteiger partial charge in [-0.2, -0.15) is 0 Å². The molecule has 2 aromatic carbocycles. The summed E-state index contributed by atoms with van der Waals surface area (Å²) < 4.78 is 0. The standard InChI is InChI=1S/C17H14O2/c18-13-16(15-9-5-2-6-10-15)17(19)12-11-14-7-3-1-4-8-14/h1-13,16H. The zero-order chi connectivity index (χ0) is 13.5. The lowest BCUT2D eigenvalue weighted by Crippen LogP contribution is -2.11. The Balaban J connectivity index is 2.14. The Hall–Kier alpha value is -2.48. The second-order valence-corrected chi connectivity index (χ2v) is 4.17. The van der Waals surface area contributed by atoms with Crippen LogP contribution >= 0.6 is 0 Å². The number of aldehydes is 1. The van der Waals surface area contributed by atoms with Gasteiger partial charge in [0.2, 0.25) is 0 Å². The Morgan fingerprint density at radius 1 is 0.895 bits per heavy atom. The molecule has 0 heterocycles. The van der Waals surface area contributed by atoms with Gasteiger partial charge in [-0.05, 0) is 17.2 Å². The molecule has 0 aliphatic rings. The maximum Gasteiger partial charge on any atom is 0.170 e. The highest BCUT2D eigenvalue weighted by atomic mass is 16.1. The van der Waals surface area contributed by atoms with Crippen LogP contribution in [0.2, 0.25) is 0 Å². The van der Waals surface area contributed by atoms with E-state index in [9.17, 15) is 9.59 Å². The lowest BCUT2D eigenvalue weighted by atomic mass is 9.95. The molecule has 0 N–H and O–H groups in total. The SMILES string of the molecule is O=CC(C(=O)C=Cc1ccccc1)c1ccccc1. The summed E-state index contributed by atoms with van der Waals surface area (Å²) in [5.74, 6) is -0.925. The van der Waals surface area contributed by atoms with E-state index in [1.54, 1.807) is 18.2 Å². The molecule has 2 rings (SSSR count). The van der Waals surface area contributed by atoms with Crippen molar-refractivity contribution < 1.29 is 9.59 Å². The van der Waals surface area contributed by atoms with Crippen LogP contribution in [0.5, 0.6) is 0 Å². The summed E-state index contributed by atoms with van der Waals surface area (Å²) in [5, 5.41) is 0. The van der Waals surface area contributed by atoms with Gasteiger partial charge in [0.25, 0.3) is 0 Å². The van der Waals surface area contributed by atoms with Crippen LogP contribution < -0.4 is 0 Å². The molecule has 0 saturated carbocycles. The predicted molar refractivity (Wildman–Crippen MR) is 75.7 cm³/mol. The second-order valence-electron chi connectivity index (χ2n) is 4.17. The first kappa shape index (κ1) is 13.0. The average Bonchev–Trinajstić information content (AvgIpc) is 2.48. The minimum Gasteiger partial charge on any atom is -0.302 e. The van der Waals surface area contributed by atoms with Crippen LogP contribution in [-0.4, -0.2) is 12.1 Å². The summed E-state index contributed by atoms with van der Waals surface area (Å²) >= 11 is 0. The number of hydrogen-bond acceptors (Lipinski definition) is 2. The number of carbonyl (C=O) groups excluding carboxylic acids is 2. The van der Waals surface area contributed by atoms with Gasteiger partial charge in [0.15, 0.2) is 5.78 Å². The van der Waals surface area contributed by atoms with Crippen LogP contribution in [0.15, 0.2) is 66.7 Å². The van der Waals surface area contributed by atoms with Gasteiger partial charge < -0.3 is 4.79 Å². The molecule has 0 fully saturated rings. The summed E-state index contributed by atoms with van der Waals surface area (Å²) in [6, 6.07) is 18.6. The third kappa shape index (κ3) is 3.49. The summed E-state index contributed by atoms with van der Waals surface area (Å²) in [5.41, 5.74) is 1.66. The third-order valence-electron chi connectivity index (χ3n) is 2.84. The third-order valence-corrected chi connectivity index (χ3v) is 2.84. The van der Waals surface area contributed by atoms with Crippen LogP contribution in [0, 0.1) is 0 Å². The topological polar surface area (TPSA) is 34.1 Å². The van der Waals surface area contributed by atoms with Gasteiger partial charge in [0, 0.05) is 0 Å². The first-order valence-electron chi connectivity index (χ1n) is 6.08. The van der Waals surface area contributed by atoms with Gasteiger partial charge in [-0.25, -0.2) is 0 Å². The Kier molecular flexibility index (Phi) is 4.40. The number of ketones is 1. The molecule has 0 bridgehead atoms. The highest BCUT2D eigenvalue weighted by Crippen LogP contribution is 2.15. The van der Waals surface area contributed by atoms with Crippen molar-refractivity contribution in [1.29, 1.82) is 0 Å². The van der Waals surface area contributed by atoms with Gasteiger partial charge in [-0.15, -0.1) is 0 Å². The van der Waals surface area contributed by atoms with Crippen molar-refractivity contribution in [3.63, 3.8) is 0 Å². The molecule has 0 radical (unpaired) electrons. The van der Waals surface area contributed by atoms with E-state index in [0.29, 0.717) is 6.29 Å². The van der Waals surface area contributed by atoms with Crippen LogP contribution in [0.25, 0.3) is 6.08 Å². The molecule has 2 nitrogen and oxygen atoms in total. The highest BCUT2D eigenvalue weighted by Gasteiger charge is 2.16. The minimum absolute atomic E-state index is 0.204. The van der Waals surface area contributed by atoms with Crippen LogP contribution in [0.4, 0.5) is 0 Å². The van der Waals surface area contributed by atoms with Crippen molar-refractivity contribution >= 4 is 18.1 Å². The van der Waals surface area contributed by atoms with Crippen molar-refractivity contribution in [3.05, 3.63) is 77.9 Å². The number of allylic oxidation sites excluding steroid dienone is 1. The summed E-state index contributed by atoms with van der Waals surface area (Å²) in [6.07, 6.45) is 3.87. The predicted octanol–water partition coefficient (Wildman–Crippen LogP) is 3.25. The summed E-state index contributed by atoms with van der Waals surface area (Å²) in [6.45, 7) is 0. The van der Waals surface area contributed by atoms with Crippen LogP contribution in [0.1, 0.15) is 17.0 Å². The van der Waals surface area contributed by atoms with Gasteiger partial charge >= 0.3 is 0 Å². The van der Waals surface area contributed by atoms with E-state index < -0.39 is 5.92 Å². The molecule has 1 unspecified atom stereocenters. The summed E-state index contributed by atoms with van der Waals surface area (Å²) in [7, 11) is 0. The normalized spacial score (nSPS) is 12.2.